The SMILES string of the molecule is Cc1ccccc1N1CCN(CC(=O)NC2CCCC2)CC1. The molecule has 2 fully saturated rings. The highest BCUT2D eigenvalue weighted by molar-refractivity contribution is 5.78. The van der Waals surface area contributed by atoms with Crippen molar-refractivity contribution in [3.63, 3.8) is 0 Å². The number of hydrogen-bond donors (Lipinski definition) is 1. The normalized spacial score (nSPS) is 20.3. The van der Waals surface area contributed by atoms with Gasteiger partial charge in [0.1, 0.15) is 0 Å². The average Bonchev–Trinajstić information content (AvgIpc) is 3.01. The summed E-state index contributed by atoms with van der Waals surface area (Å²) in [5.41, 5.74) is 2.66. The van der Waals surface area contributed by atoms with Gasteiger partial charge in [0.2, 0.25) is 5.91 Å². The van der Waals surface area contributed by atoms with Gasteiger partial charge in [-0.05, 0) is 31.4 Å². The van der Waals surface area contributed by atoms with Crippen molar-refractivity contribution in [1.29, 1.82) is 0 Å². The summed E-state index contributed by atoms with van der Waals surface area (Å²) in [6.45, 7) is 6.65. The number of nitrogens with zero attached hydrogens (tertiary/aromatic N) is 2. The molecule has 1 saturated heterocycles. The number of aryl methyl sites for hydroxylation is 1. The largest absolute Gasteiger partial charge is 0.369 e. The van der Waals surface area contributed by atoms with Crippen LogP contribution in [-0.2, 0) is 4.79 Å². The van der Waals surface area contributed by atoms with Crippen molar-refractivity contribution in [3.05, 3.63) is 29.8 Å². The number of carbonyl (C=O) groups is 1. The molecule has 1 N–H and O–H groups in total. The van der Waals surface area contributed by atoms with Crippen LogP contribution in [0.2, 0.25) is 0 Å². The molecule has 0 unspecified atom stereocenters. The molecule has 1 aromatic carbocycles. The predicted molar refractivity (Wildman–Crippen MR) is 90.2 cm³/mol. The zero-order chi connectivity index (χ0) is 15.4. The molecule has 3 rings (SSSR count). The molecular formula is C18H27N3O. The molecule has 1 aromatic rings. The highest BCUT2D eigenvalue weighted by Crippen LogP contribution is 2.21. The van der Waals surface area contributed by atoms with Crippen LogP contribution in [-0.4, -0.2) is 49.6 Å². The fourth-order valence-electron chi connectivity index (χ4n) is 3.61. The number of amides is 1. The standard InChI is InChI=1S/C18H27N3O/c1-15-6-2-5-9-17(15)21-12-10-20(11-13-21)14-18(22)19-16-7-3-4-8-16/h2,5-6,9,16H,3-4,7-8,10-14H2,1H3,(H,19,22). The molecule has 1 aliphatic carbocycles. The van der Waals surface area contributed by atoms with Crippen LogP contribution < -0.4 is 10.2 Å². The van der Waals surface area contributed by atoms with E-state index >= 15 is 0 Å². The van der Waals surface area contributed by atoms with Crippen LogP contribution in [0.5, 0.6) is 0 Å². The second-order valence-electron chi connectivity index (χ2n) is 6.60. The molecule has 4 heteroatoms. The Labute approximate surface area is 133 Å². The highest BCUT2D eigenvalue weighted by atomic mass is 16.2. The third-order valence-electron chi connectivity index (χ3n) is 4.92. The van der Waals surface area contributed by atoms with Crippen molar-refractivity contribution >= 4 is 11.6 Å². The summed E-state index contributed by atoms with van der Waals surface area (Å²) in [5.74, 6) is 0.205. The fourth-order valence-corrected chi connectivity index (χ4v) is 3.61. The van der Waals surface area contributed by atoms with Crippen LogP contribution >= 0.6 is 0 Å². The summed E-state index contributed by atoms with van der Waals surface area (Å²) in [4.78, 5) is 16.8. The summed E-state index contributed by atoms with van der Waals surface area (Å²) in [6.07, 6.45) is 4.85. The summed E-state index contributed by atoms with van der Waals surface area (Å²) >= 11 is 0. The van der Waals surface area contributed by atoms with E-state index in [2.05, 4.69) is 46.3 Å². The van der Waals surface area contributed by atoms with Crippen molar-refractivity contribution < 1.29 is 4.79 Å². The van der Waals surface area contributed by atoms with Crippen molar-refractivity contribution in [3.8, 4) is 0 Å². The van der Waals surface area contributed by atoms with Crippen molar-refractivity contribution in [2.45, 2.75) is 38.6 Å². The first kappa shape index (κ1) is 15.3. The second-order valence-corrected chi connectivity index (χ2v) is 6.60. The monoisotopic (exact) mass is 301 g/mol. The van der Waals surface area contributed by atoms with E-state index < -0.39 is 0 Å². The molecule has 1 aliphatic heterocycles. The highest BCUT2D eigenvalue weighted by Gasteiger charge is 2.22. The molecule has 1 heterocycles. The van der Waals surface area contributed by atoms with E-state index in [1.54, 1.807) is 0 Å². The Hall–Kier alpha value is -1.55. The molecule has 120 valence electrons. The Morgan fingerprint density at radius 2 is 1.82 bits per heavy atom. The topological polar surface area (TPSA) is 35.6 Å². The molecule has 22 heavy (non-hydrogen) atoms. The number of rotatable bonds is 4. The van der Waals surface area contributed by atoms with E-state index in [0.717, 1.165) is 39.0 Å². The first-order valence-corrected chi connectivity index (χ1v) is 8.54. The minimum absolute atomic E-state index is 0.205. The Bertz CT molecular complexity index is 503. The molecule has 1 saturated carbocycles. The number of benzene rings is 1. The molecule has 0 radical (unpaired) electrons. The summed E-state index contributed by atoms with van der Waals surface area (Å²) in [6, 6.07) is 8.97. The summed E-state index contributed by atoms with van der Waals surface area (Å²) < 4.78 is 0. The Morgan fingerprint density at radius 3 is 2.50 bits per heavy atom. The third kappa shape index (κ3) is 3.80. The molecule has 0 bridgehead atoms. The zero-order valence-electron chi connectivity index (χ0n) is 13.6. The van der Waals surface area contributed by atoms with Crippen LogP contribution in [0.4, 0.5) is 5.69 Å². The van der Waals surface area contributed by atoms with Gasteiger partial charge < -0.3 is 10.2 Å². The van der Waals surface area contributed by atoms with Gasteiger partial charge in [-0.2, -0.15) is 0 Å². The quantitative estimate of drug-likeness (QED) is 0.926. The van der Waals surface area contributed by atoms with E-state index in [4.69, 9.17) is 0 Å². The maximum absolute atomic E-state index is 12.1. The number of para-hydroxylation sites is 1. The minimum atomic E-state index is 0.205. The van der Waals surface area contributed by atoms with Gasteiger partial charge in [0, 0.05) is 37.9 Å². The molecule has 2 aliphatic rings. The summed E-state index contributed by atoms with van der Waals surface area (Å²) in [7, 11) is 0. The molecule has 0 spiro atoms. The van der Waals surface area contributed by atoms with Crippen LogP contribution in [0.3, 0.4) is 0 Å². The number of carbonyl (C=O) groups excluding carboxylic acids is 1. The third-order valence-corrected chi connectivity index (χ3v) is 4.92. The van der Waals surface area contributed by atoms with Crippen LogP contribution in [0.25, 0.3) is 0 Å². The van der Waals surface area contributed by atoms with E-state index in [-0.39, 0.29) is 5.91 Å². The molecule has 1 amide bonds. The van der Waals surface area contributed by atoms with Crippen LogP contribution in [0.15, 0.2) is 24.3 Å². The van der Waals surface area contributed by atoms with Crippen molar-refractivity contribution in [2.75, 3.05) is 37.6 Å². The van der Waals surface area contributed by atoms with Gasteiger partial charge in [0.05, 0.1) is 6.54 Å². The number of piperazine rings is 1. The molecule has 0 aromatic heterocycles. The van der Waals surface area contributed by atoms with E-state index in [1.165, 1.54) is 24.1 Å². The van der Waals surface area contributed by atoms with Gasteiger partial charge in [0.25, 0.3) is 0 Å². The lowest BCUT2D eigenvalue weighted by atomic mass is 10.1. The Morgan fingerprint density at radius 1 is 1.14 bits per heavy atom. The van der Waals surface area contributed by atoms with Gasteiger partial charge in [-0.15, -0.1) is 0 Å². The van der Waals surface area contributed by atoms with Gasteiger partial charge in [-0.3, -0.25) is 9.69 Å². The molecule has 4 nitrogen and oxygen atoms in total. The van der Waals surface area contributed by atoms with E-state index in [0.29, 0.717) is 12.6 Å². The maximum atomic E-state index is 12.1. The van der Waals surface area contributed by atoms with Gasteiger partial charge >= 0.3 is 0 Å². The van der Waals surface area contributed by atoms with E-state index in [1.807, 2.05) is 0 Å². The van der Waals surface area contributed by atoms with E-state index in [9.17, 15) is 4.79 Å². The lowest BCUT2D eigenvalue weighted by Crippen LogP contribution is -2.50. The fraction of sp³-hybridized carbons (Fsp3) is 0.611. The molecule has 0 atom stereocenters. The number of nitrogens with one attached hydrogen (secondary N) is 1. The van der Waals surface area contributed by atoms with Crippen LogP contribution in [0, 0.1) is 6.92 Å². The van der Waals surface area contributed by atoms with Crippen LogP contribution in [0.1, 0.15) is 31.2 Å². The summed E-state index contributed by atoms with van der Waals surface area (Å²) in [5, 5.41) is 3.18. The number of anilines is 1. The second kappa shape index (κ2) is 7.14. The van der Waals surface area contributed by atoms with Gasteiger partial charge in [-0.1, -0.05) is 31.0 Å². The zero-order valence-corrected chi connectivity index (χ0v) is 13.6. The van der Waals surface area contributed by atoms with Crippen molar-refractivity contribution in [2.24, 2.45) is 0 Å². The number of hydrogen-bond acceptors (Lipinski definition) is 3. The first-order valence-electron chi connectivity index (χ1n) is 8.54. The first-order chi connectivity index (χ1) is 10.7. The smallest absolute Gasteiger partial charge is 0.234 e. The van der Waals surface area contributed by atoms with Gasteiger partial charge in [-0.25, -0.2) is 0 Å². The minimum Gasteiger partial charge on any atom is -0.369 e. The lowest BCUT2D eigenvalue weighted by Gasteiger charge is -2.36. The molecular weight excluding hydrogens is 274 g/mol. The Balaban J connectivity index is 1.45. The van der Waals surface area contributed by atoms with Crippen molar-refractivity contribution in [1.82, 2.24) is 10.2 Å². The lowest BCUT2D eigenvalue weighted by molar-refractivity contribution is -0.123. The maximum Gasteiger partial charge on any atom is 0.234 e. The van der Waals surface area contributed by atoms with Gasteiger partial charge in [0.15, 0.2) is 0 Å². The Kier molecular flexibility index (Phi) is 4.98. The predicted octanol–water partition coefficient (Wildman–Crippen LogP) is 2.18. The average molecular weight is 301 g/mol.